The average Bonchev–Trinajstić information content (AvgIpc) is 2.72. The molecule has 1 rings (SSSR count). The first-order valence-corrected chi connectivity index (χ1v) is 5.57. The minimum atomic E-state index is -0.290. The molecule has 1 unspecified atom stereocenters. The van der Waals surface area contributed by atoms with Gasteiger partial charge in [0.2, 0.25) is 0 Å². The molecule has 0 radical (unpaired) electrons. The van der Waals surface area contributed by atoms with Crippen molar-refractivity contribution in [2.24, 2.45) is 11.8 Å². The van der Waals surface area contributed by atoms with Gasteiger partial charge in [0.25, 0.3) is 0 Å². The van der Waals surface area contributed by atoms with Crippen LogP contribution in [-0.4, -0.2) is 12.6 Å². The highest BCUT2D eigenvalue weighted by Gasteiger charge is 2.24. The van der Waals surface area contributed by atoms with E-state index in [9.17, 15) is 4.79 Å². The Balaban J connectivity index is 2.30. The molecular weight excluding hydrogens is 176 g/mol. The third kappa shape index (κ3) is 3.17. The van der Waals surface area contributed by atoms with Crippen molar-refractivity contribution in [1.29, 1.82) is 0 Å². The van der Waals surface area contributed by atoms with Gasteiger partial charge < -0.3 is 4.74 Å². The first-order valence-electron chi connectivity index (χ1n) is 5.57. The molecule has 0 saturated heterocycles. The maximum atomic E-state index is 10.9. The van der Waals surface area contributed by atoms with Gasteiger partial charge in [0.1, 0.15) is 0 Å². The fraction of sp³-hybridized carbons (Fsp3) is 0.750. The van der Waals surface area contributed by atoms with Gasteiger partial charge in [-0.05, 0) is 18.3 Å². The van der Waals surface area contributed by atoms with E-state index in [2.05, 4.69) is 13.5 Å². The van der Waals surface area contributed by atoms with E-state index in [-0.39, 0.29) is 5.97 Å². The summed E-state index contributed by atoms with van der Waals surface area (Å²) >= 11 is 0. The molecule has 1 fully saturated rings. The van der Waals surface area contributed by atoms with Gasteiger partial charge in [-0.25, -0.2) is 4.79 Å². The number of carbonyl (C=O) groups excluding carboxylic acids is 1. The zero-order valence-corrected chi connectivity index (χ0v) is 9.00. The number of rotatable bonds is 5. The molecule has 1 aliphatic rings. The van der Waals surface area contributed by atoms with Crippen LogP contribution in [0.25, 0.3) is 0 Å². The molecule has 14 heavy (non-hydrogen) atoms. The van der Waals surface area contributed by atoms with Gasteiger partial charge in [-0.15, -0.1) is 0 Å². The van der Waals surface area contributed by atoms with E-state index in [1.54, 1.807) is 0 Å². The summed E-state index contributed by atoms with van der Waals surface area (Å²) in [5.74, 6) is 1.04. The Kier molecular flexibility index (Phi) is 4.71. The topological polar surface area (TPSA) is 26.3 Å². The van der Waals surface area contributed by atoms with E-state index in [0.29, 0.717) is 12.5 Å². The number of ether oxygens (including phenoxy) is 1. The van der Waals surface area contributed by atoms with Crippen LogP contribution in [0.3, 0.4) is 0 Å². The van der Waals surface area contributed by atoms with Gasteiger partial charge in [0, 0.05) is 6.08 Å². The minimum absolute atomic E-state index is 0.290. The van der Waals surface area contributed by atoms with E-state index in [1.165, 1.54) is 31.8 Å². The van der Waals surface area contributed by atoms with Crippen molar-refractivity contribution >= 4 is 5.97 Å². The van der Waals surface area contributed by atoms with E-state index in [0.717, 1.165) is 12.3 Å². The molecule has 2 nitrogen and oxygen atoms in total. The van der Waals surface area contributed by atoms with Crippen molar-refractivity contribution in [3.05, 3.63) is 12.7 Å². The molecule has 1 aliphatic carbocycles. The second-order valence-electron chi connectivity index (χ2n) is 4.05. The molecule has 0 N–H and O–H groups in total. The number of esters is 1. The van der Waals surface area contributed by atoms with Gasteiger partial charge in [-0.1, -0.05) is 39.2 Å². The third-order valence-corrected chi connectivity index (χ3v) is 3.20. The predicted molar refractivity (Wildman–Crippen MR) is 56.9 cm³/mol. The van der Waals surface area contributed by atoms with E-state index in [4.69, 9.17) is 4.74 Å². The van der Waals surface area contributed by atoms with Gasteiger partial charge in [-0.2, -0.15) is 0 Å². The van der Waals surface area contributed by atoms with Crippen molar-refractivity contribution in [2.75, 3.05) is 6.61 Å². The highest BCUT2D eigenvalue weighted by Crippen LogP contribution is 2.33. The molecule has 0 aromatic carbocycles. The van der Waals surface area contributed by atoms with Crippen LogP contribution in [0.15, 0.2) is 12.7 Å². The van der Waals surface area contributed by atoms with Gasteiger partial charge in [0.05, 0.1) is 6.61 Å². The summed E-state index contributed by atoms with van der Waals surface area (Å²) in [5.41, 5.74) is 0. The van der Waals surface area contributed by atoms with Crippen LogP contribution in [0.5, 0.6) is 0 Å². The van der Waals surface area contributed by atoms with Crippen molar-refractivity contribution in [3.8, 4) is 0 Å². The Morgan fingerprint density at radius 1 is 1.57 bits per heavy atom. The molecule has 0 heterocycles. The number of hydrogen-bond acceptors (Lipinski definition) is 2. The monoisotopic (exact) mass is 196 g/mol. The summed E-state index contributed by atoms with van der Waals surface area (Å²) in [4.78, 5) is 10.9. The Hall–Kier alpha value is -0.790. The maximum Gasteiger partial charge on any atom is 0.330 e. The highest BCUT2D eigenvalue weighted by atomic mass is 16.5. The smallest absolute Gasteiger partial charge is 0.330 e. The van der Waals surface area contributed by atoms with Crippen LogP contribution in [0.1, 0.15) is 39.0 Å². The molecule has 0 spiro atoms. The quantitative estimate of drug-likeness (QED) is 0.499. The lowest BCUT2D eigenvalue weighted by Crippen LogP contribution is -2.19. The maximum absolute atomic E-state index is 10.9. The Bertz CT molecular complexity index is 192. The number of hydrogen-bond donors (Lipinski definition) is 0. The standard InChI is InChI=1S/C12H20O2/c1-3-10(9-14-12(13)4-2)11-7-5-6-8-11/h4,10-11H,2-3,5-9H2,1H3. The predicted octanol–water partition coefficient (Wildman–Crippen LogP) is 2.93. The largest absolute Gasteiger partial charge is 0.462 e. The second-order valence-corrected chi connectivity index (χ2v) is 4.05. The first-order chi connectivity index (χ1) is 6.77. The van der Waals surface area contributed by atoms with E-state index >= 15 is 0 Å². The molecule has 0 amide bonds. The summed E-state index contributed by atoms with van der Waals surface area (Å²) in [6.45, 7) is 6.13. The Labute approximate surface area is 86.3 Å². The number of carbonyl (C=O) groups is 1. The summed E-state index contributed by atoms with van der Waals surface area (Å²) < 4.78 is 5.10. The molecule has 0 bridgehead atoms. The van der Waals surface area contributed by atoms with Gasteiger partial charge in [0.15, 0.2) is 0 Å². The minimum Gasteiger partial charge on any atom is -0.462 e. The van der Waals surface area contributed by atoms with E-state index in [1.807, 2.05) is 0 Å². The fourth-order valence-corrected chi connectivity index (χ4v) is 2.26. The third-order valence-electron chi connectivity index (χ3n) is 3.20. The zero-order chi connectivity index (χ0) is 10.4. The second kappa shape index (κ2) is 5.84. The van der Waals surface area contributed by atoms with Gasteiger partial charge >= 0.3 is 5.97 Å². The average molecular weight is 196 g/mol. The summed E-state index contributed by atoms with van der Waals surface area (Å²) in [6.07, 6.45) is 7.65. The molecule has 0 aromatic heterocycles. The van der Waals surface area contributed by atoms with Gasteiger partial charge in [-0.3, -0.25) is 0 Å². The van der Waals surface area contributed by atoms with Crippen LogP contribution >= 0.6 is 0 Å². The van der Waals surface area contributed by atoms with Crippen molar-refractivity contribution in [2.45, 2.75) is 39.0 Å². The first kappa shape index (κ1) is 11.3. The van der Waals surface area contributed by atoms with Crippen molar-refractivity contribution in [1.82, 2.24) is 0 Å². The molecule has 2 heteroatoms. The Morgan fingerprint density at radius 3 is 2.71 bits per heavy atom. The lowest BCUT2D eigenvalue weighted by Gasteiger charge is -2.21. The van der Waals surface area contributed by atoms with Crippen LogP contribution in [0, 0.1) is 11.8 Å². The molecule has 0 aromatic rings. The van der Waals surface area contributed by atoms with Crippen LogP contribution in [0.4, 0.5) is 0 Å². The zero-order valence-electron chi connectivity index (χ0n) is 9.00. The molecular formula is C12H20O2. The summed E-state index contributed by atoms with van der Waals surface area (Å²) in [5, 5.41) is 0. The van der Waals surface area contributed by atoms with Crippen LogP contribution in [-0.2, 0) is 9.53 Å². The van der Waals surface area contributed by atoms with Crippen LogP contribution < -0.4 is 0 Å². The van der Waals surface area contributed by atoms with E-state index < -0.39 is 0 Å². The lowest BCUT2D eigenvalue weighted by atomic mass is 9.89. The highest BCUT2D eigenvalue weighted by molar-refractivity contribution is 5.81. The SMILES string of the molecule is C=CC(=O)OCC(CC)C1CCCC1. The fourth-order valence-electron chi connectivity index (χ4n) is 2.26. The Morgan fingerprint density at radius 2 is 2.21 bits per heavy atom. The van der Waals surface area contributed by atoms with Crippen molar-refractivity contribution in [3.63, 3.8) is 0 Å². The molecule has 80 valence electrons. The molecule has 0 aliphatic heterocycles. The van der Waals surface area contributed by atoms with Crippen molar-refractivity contribution < 1.29 is 9.53 Å². The molecule has 1 atom stereocenters. The lowest BCUT2D eigenvalue weighted by molar-refractivity contribution is -0.139. The summed E-state index contributed by atoms with van der Waals surface area (Å²) in [7, 11) is 0. The normalized spacial score (nSPS) is 19.2. The summed E-state index contributed by atoms with van der Waals surface area (Å²) in [6, 6.07) is 0. The molecule has 1 saturated carbocycles. The van der Waals surface area contributed by atoms with Crippen LogP contribution in [0.2, 0.25) is 0 Å².